The molecule has 0 spiro atoms. The highest BCUT2D eigenvalue weighted by atomic mass is 16.5. The number of carbonyl (C=O) groups is 1. The summed E-state index contributed by atoms with van der Waals surface area (Å²) in [5.41, 5.74) is 3.20. The van der Waals surface area contributed by atoms with Crippen LogP contribution < -0.4 is 4.74 Å². The second kappa shape index (κ2) is 8.27. The Morgan fingerprint density at radius 3 is 2.73 bits per heavy atom. The number of rotatable bonds is 6. The van der Waals surface area contributed by atoms with Crippen LogP contribution in [0.4, 0.5) is 0 Å². The first-order valence-electron chi connectivity index (χ1n) is 8.96. The number of carbonyl (C=O) groups excluding carboxylic acids is 1. The van der Waals surface area contributed by atoms with Crippen LogP contribution in [0.15, 0.2) is 30.5 Å². The SMILES string of the molecule is COC(=O)CCN1CCc2nc(-c3ccc(OC(C)C)cc3)ncc2C1. The molecule has 3 rings (SSSR count). The molecule has 0 bridgehead atoms. The summed E-state index contributed by atoms with van der Waals surface area (Å²) in [6.45, 7) is 6.38. The number of nitrogens with zero attached hydrogens (tertiary/aromatic N) is 3. The van der Waals surface area contributed by atoms with E-state index in [9.17, 15) is 4.79 Å². The van der Waals surface area contributed by atoms with Gasteiger partial charge in [-0.25, -0.2) is 9.97 Å². The molecule has 6 nitrogen and oxygen atoms in total. The van der Waals surface area contributed by atoms with Gasteiger partial charge in [-0.05, 0) is 38.1 Å². The highest BCUT2D eigenvalue weighted by molar-refractivity contribution is 5.69. The Morgan fingerprint density at radius 2 is 2.04 bits per heavy atom. The van der Waals surface area contributed by atoms with Crippen molar-refractivity contribution in [2.24, 2.45) is 0 Å². The van der Waals surface area contributed by atoms with Crippen LogP contribution in [0.25, 0.3) is 11.4 Å². The van der Waals surface area contributed by atoms with Gasteiger partial charge in [0.05, 0.1) is 25.3 Å². The Kier molecular flexibility index (Phi) is 5.83. The van der Waals surface area contributed by atoms with Crippen molar-refractivity contribution >= 4 is 5.97 Å². The monoisotopic (exact) mass is 355 g/mol. The van der Waals surface area contributed by atoms with E-state index in [0.29, 0.717) is 13.0 Å². The average Bonchev–Trinajstić information content (AvgIpc) is 2.65. The van der Waals surface area contributed by atoms with Gasteiger partial charge in [0.15, 0.2) is 5.82 Å². The Morgan fingerprint density at radius 1 is 1.27 bits per heavy atom. The summed E-state index contributed by atoms with van der Waals surface area (Å²) in [4.78, 5) is 22.8. The Balaban J connectivity index is 1.67. The van der Waals surface area contributed by atoms with Crippen molar-refractivity contribution in [1.82, 2.24) is 14.9 Å². The number of benzene rings is 1. The van der Waals surface area contributed by atoms with E-state index < -0.39 is 0 Å². The maximum atomic E-state index is 11.3. The number of esters is 1. The van der Waals surface area contributed by atoms with Crippen molar-refractivity contribution in [2.45, 2.75) is 39.3 Å². The predicted molar refractivity (Wildman–Crippen MR) is 98.8 cm³/mol. The molecule has 1 aromatic carbocycles. The molecule has 6 heteroatoms. The molecule has 0 saturated heterocycles. The van der Waals surface area contributed by atoms with Crippen LogP contribution in [-0.4, -0.2) is 47.1 Å². The molecule has 2 heterocycles. The zero-order valence-corrected chi connectivity index (χ0v) is 15.6. The lowest BCUT2D eigenvalue weighted by Gasteiger charge is -2.27. The molecule has 0 unspecified atom stereocenters. The number of hydrogen-bond donors (Lipinski definition) is 0. The van der Waals surface area contributed by atoms with Crippen molar-refractivity contribution in [3.05, 3.63) is 41.7 Å². The quantitative estimate of drug-likeness (QED) is 0.743. The summed E-state index contributed by atoms with van der Waals surface area (Å²) in [5, 5.41) is 0. The maximum absolute atomic E-state index is 11.3. The van der Waals surface area contributed by atoms with Gasteiger partial charge in [0.1, 0.15) is 5.75 Å². The maximum Gasteiger partial charge on any atom is 0.306 e. The highest BCUT2D eigenvalue weighted by Crippen LogP contribution is 2.23. The molecule has 1 aliphatic rings. The molecule has 1 aromatic heterocycles. The van der Waals surface area contributed by atoms with E-state index in [-0.39, 0.29) is 12.1 Å². The lowest BCUT2D eigenvalue weighted by molar-refractivity contribution is -0.141. The molecule has 0 aliphatic carbocycles. The van der Waals surface area contributed by atoms with E-state index in [1.165, 1.54) is 7.11 Å². The molecule has 0 fully saturated rings. The van der Waals surface area contributed by atoms with Crippen LogP contribution in [0.5, 0.6) is 5.75 Å². The van der Waals surface area contributed by atoms with Crippen LogP contribution in [0.2, 0.25) is 0 Å². The second-order valence-corrected chi connectivity index (χ2v) is 6.71. The standard InChI is InChI=1S/C20H25N3O3/c1-14(2)26-17-6-4-15(5-7-17)20-21-12-16-13-23(10-8-18(16)22-20)11-9-19(24)25-3/h4-7,12,14H,8-11,13H2,1-3H3. The summed E-state index contributed by atoms with van der Waals surface area (Å²) in [6.07, 6.45) is 3.33. The lowest BCUT2D eigenvalue weighted by atomic mass is 10.1. The van der Waals surface area contributed by atoms with Crippen LogP contribution in [0.3, 0.4) is 0 Å². The average molecular weight is 355 g/mol. The van der Waals surface area contributed by atoms with Crippen molar-refractivity contribution in [3.8, 4) is 17.1 Å². The van der Waals surface area contributed by atoms with Gasteiger partial charge in [-0.2, -0.15) is 0 Å². The molecule has 1 aliphatic heterocycles. The number of aromatic nitrogens is 2. The van der Waals surface area contributed by atoms with Gasteiger partial charge in [0, 0.05) is 43.4 Å². The van der Waals surface area contributed by atoms with Crippen LogP contribution in [0.1, 0.15) is 31.5 Å². The molecule has 0 saturated carbocycles. The van der Waals surface area contributed by atoms with Crippen LogP contribution in [-0.2, 0) is 22.5 Å². The molecule has 0 amide bonds. The fraction of sp³-hybridized carbons (Fsp3) is 0.450. The predicted octanol–water partition coefficient (Wildman–Crippen LogP) is 2.85. The summed E-state index contributed by atoms with van der Waals surface area (Å²) in [6, 6.07) is 7.88. The van der Waals surface area contributed by atoms with Crippen LogP contribution >= 0.6 is 0 Å². The van der Waals surface area contributed by atoms with E-state index in [1.807, 2.05) is 44.3 Å². The van der Waals surface area contributed by atoms with Crippen LogP contribution in [0, 0.1) is 0 Å². The van der Waals surface area contributed by atoms with Gasteiger partial charge in [0.2, 0.25) is 0 Å². The molecule has 0 N–H and O–H groups in total. The highest BCUT2D eigenvalue weighted by Gasteiger charge is 2.19. The third kappa shape index (κ3) is 4.58. The Labute approximate surface area is 154 Å². The van der Waals surface area contributed by atoms with Crippen molar-refractivity contribution < 1.29 is 14.3 Å². The van der Waals surface area contributed by atoms with E-state index in [4.69, 9.17) is 14.5 Å². The van der Waals surface area contributed by atoms with E-state index in [0.717, 1.165) is 47.9 Å². The summed E-state index contributed by atoms with van der Waals surface area (Å²) >= 11 is 0. The van der Waals surface area contributed by atoms with Crippen molar-refractivity contribution in [3.63, 3.8) is 0 Å². The fourth-order valence-electron chi connectivity index (χ4n) is 3.01. The number of methoxy groups -OCH3 is 1. The normalized spacial score (nSPS) is 14.2. The minimum atomic E-state index is -0.174. The van der Waals surface area contributed by atoms with Gasteiger partial charge in [0.25, 0.3) is 0 Å². The van der Waals surface area contributed by atoms with Crippen molar-refractivity contribution in [1.29, 1.82) is 0 Å². The third-order valence-electron chi connectivity index (χ3n) is 4.36. The summed E-state index contributed by atoms with van der Waals surface area (Å²) in [7, 11) is 1.42. The number of ether oxygens (including phenoxy) is 2. The molecule has 2 aromatic rings. The van der Waals surface area contributed by atoms with Gasteiger partial charge < -0.3 is 9.47 Å². The molecular formula is C20H25N3O3. The smallest absolute Gasteiger partial charge is 0.306 e. The van der Waals surface area contributed by atoms with Crippen molar-refractivity contribution in [2.75, 3.05) is 20.2 Å². The van der Waals surface area contributed by atoms with E-state index in [1.54, 1.807) is 0 Å². The van der Waals surface area contributed by atoms with Gasteiger partial charge in [-0.3, -0.25) is 9.69 Å². The number of fused-ring (bicyclic) bond motifs is 1. The minimum Gasteiger partial charge on any atom is -0.491 e. The molecule has 0 atom stereocenters. The molecular weight excluding hydrogens is 330 g/mol. The summed E-state index contributed by atoms with van der Waals surface area (Å²) < 4.78 is 10.4. The Hall–Kier alpha value is -2.47. The Bertz CT molecular complexity index is 759. The zero-order valence-electron chi connectivity index (χ0n) is 15.6. The fourth-order valence-corrected chi connectivity index (χ4v) is 3.01. The van der Waals surface area contributed by atoms with Gasteiger partial charge >= 0.3 is 5.97 Å². The second-order valence-electron chi connectivity index (χ2n) is 6.71. The van der Waals surface area contributed by atoms with Gasteiger partial charge in [-0.1, -0.05) is 0 Å². The van der Waals surface area contributed by atoms with E-state index in [2.05, 4.69) is 9.88 Å². The molecule has 0 radical (unpaired) electrons. The lowest BCUT2D eigenvalue weighted by Crippen LogP contribution is -2.33. The molecule has 26 heavy (non-hydrogen) atoms. The van der Waals surface area contributed by atoms with E-state index >= 15 is 0 Å². The number of hydrogen-bond acceptors (Lipinski definition) is 6. The largest absolute Gasteiger partial charge is 0.491 e. The first-order chi connectivity index (χ1) is 12.5. The third-order valence-corrected chi connectivity index (χ3v) is 4.36. The first kappa shape index (κ1) is 18.3. The minimum absolute atomic E-state index is 0.156. The summed E-state index contributed by atoms with van der Waals surface area (Å²) in [5.74, 6) is 1.41. The first-order valence-corrected chi connectivity index (χ1v) is 8.96. The zero-order chi connectivity index (χ0) is 18.5. The van der Waals surface area contributed by atoms with Gasteiger partial charge in [-0.15, -0.1) is 0 Å². The molecule has 138 valence electrons. The topological polar surface area (TPSA) is 64.5 Å².